The van der Waals surface area contributed by atoms with Gasteiger partial charge in [-0.1, -0.05) is 11.6 Å². The Labute approximate surface area is 146 Å². The second-order valence-corrected chi connectivity index (χ2v) is 5.46. The van der Waals surface area contributed by atoms with Crippen LogP contribution in [0, 0.1) is 0 Å². The van der Waals surface area contributed by atoms with Crippen LogP contribution in [0.15, 0.2) is 23.9 Å². The first kappa shape index (κ1) is 20.0. The number of anilines is 1. The van der Waals surface area contributed by atoms with E-state index >= 15 is 0 Å². The number of amides is 2. The van der Waals surface area contributed by atoms with Gasteiger partial charge in [-0.3, -0.25) is 14.5 Å². The first-order valence-corrected chi connectivity index (χ1v) is 7.17. The number of imide groups is 1. The fourth-order valence-electron chi connectivity index (χ4n) is 2.17. The molecule has 1 aliphatic rings. The summed E-state index contributed by atoms with van der Waals surface area (Å²) in [7, 11) is 0. The molecular formula is C14H9ClF6N2O3. The van der Waals surface area contributed by atoms with E-state index in [4.69, 9.17) is 16.7 Å². The van der Waals surface area contributed by atoms with Gasteiger partial charge in [0.1, 0.15) is 5.70 Å². The Kier molecular flexibility index (Phi) is 5.24. The van der Waals surface area contributed by atoms with Crippen molar-refractivity contribution in [2.45, 2.75) is 12.4 Å². The molecule has 0 aromatic heterocycles. The van der Waals surface area contributed by atoms with Gasteiger partial charge < -0.3 is 10.4 Å². The summed E-state index contributed by atoms with van der Waals surface area (Å²) in [6, 6.07) is 0.593. The Hall–Kier alpha value is -2.27. The summed E-state index contributed by atoms with van der Waals surface area (Å²) in [6.07, 6.45) is -9.66. The van der Waals surface area contributed by atoms with Crippen LogP contribution < -0.4 is 5.32 Å². The molecule has 0 unspecified atom stereocenters. The molecule has 2 rings (SSSR count). The Morgan fingerprint density at radius 1 is 1.04 bits per heavy atom. The Morgan fingerprint density at radius 3 is 1.96 bits per heavy atom. The van der Waals surface area contributed by atoms with E-state index in [1.54, 1.807) is 0 Å². The van der Waals surface area contributed by atoms with Gasteiger partial charge in [0.25, 0.3) is 11.8 Å². The van der Waals surface area contributed by atoms with Crippen molar-refractivity contribution < 1.29 is 41.0 Å². The van der Waals surface area contributed by atoms with Crippen LogP contribution in [0.3, 0.4) is 0 Å². The van der Waals surface area contributed by atoms with Gasteiger partial charge in [-0.2, -0.15) is 26.3 Å². The van der Waals surface area contributed by atoms with Crippen LogP contribution >= 0.6 is 11.6 Å². The molecule has 5 nitrogen and oxygen atoms in total. The summed E-state index contributed by atoms with van der Waals surface area (Å²) in [6.45, 7) is -0.933. The molecule has 0 aliphatic carbocycles. The smallest absolute Gasteiger partial charge is 0.395 e. The Morgan fingerprint density at radius 2 is 1.54 bits per heavy atom. The SMILES string of the molecule is O=C1C=C(Nc2cc(C(F)(F)F)c(Cl)c(C(F)(F)F)c2)C(=O)N1CCO. The minimum atomic E-state index is -5.18. The van der Waals surface area contributed by atoms with Crippen molar-refractivity contribution in [2.24, 2.45) is 0 Å². The van der Waals surface area contributed by atoms with Gasteiger partial charge in [0.05, 0.1) is 29.3 Å². The van der Waals surface area contributed by atoms with E-state index in [1.165, 1.54) is 0 Å². The number of carbonyl (C=O) groups excluding carboxylic acids is 2. The fourth-order valence-corrected chi connectivity index (χ4v) is 2.50. The zero-order chi connectivity index (χ0) is 19.9. The summed E-state index contributed by atoms with van der Waals surface area (Å²) in [5.74, 6) is -1.87. The molecule has 1 aromatic rings. The van der Waals surface area contributed by atoms with Crippen molar-refractivity contribution in [1.82, 2.24) is 4.90 Å². The monoisotopic (exact) mass is 402 g/mol. The van der Waals surface area contributed by atoms with Crippen molar-refractivity contribution in [1.29, 1.82) is 0 Å². The second-order valence-electron chi connectivity index (χ2n) is 5.08. The van der Waals surface area contributed by atoms with Crippen LogP contribution in [0.5, 0.6) is 0 Å². The van der Waals surface area contributed by atoms with Crippen LogP contribution in [0.4, 0.5) is 32.0 Å². The van der Waals surface area contributed by atoms with Crippen molar-refractivity contribution in [3.63, 3.8) is 0 Å². The van der Waals surface area contributed by atoms with Crippen LogP contribution in [0.2, 0.25) is 5.02 Å². The van der Waals surface area contributed by atoms with E-state index < -0.39 is 58.3 Å². The van der Waals surface area contributed by atoms with Gasteiger partial charge >= 0.3 is 12.4 Å². The molecule has 2 N–H and O–H groups in total. The van der Waals surface area contributed by atoms with Gasteiger partial charge in [-0.25, -0.2) is 0 Å². The minimum Gasteiger partial charge on any atom is -0.395 e. The molecule has 0 fully saturated rings. The summed E-state index contributed by atoms with van der Waals surface area (Å²) in [5, 5.41) is 9.31. The zero-order valence-corrected chi connectivity index (χ0v) is 13.3. The quantitative estimate of drug-likeness (QED) is 0.600. The molecule has 1 aliphatic heterocycles. The molecule has 2 amide bonds. The van der Waals surface area contributed by atoms with Crippen LogP contribution in [0.1, 0.15) is 11.1 Å². The minimum absolute atomic E-state index is 0.297. The number of rotatable bonds is 4. The number of nitrogens with zero attached hydrogens (tertiary/aromatic N) is 1. The topological polar surface area (TPSA) is 69.6 Å². The normalized spacial score (nSPS) is 15.5. The maximum Gasteiger partial charge on any atom is 0.417 e. The molecule has 142 valence electrons. The van der Waals surface area contributed by atoms with Crippen LogP contribution in [0.25, 0.3) is 0 Å². The molecule has 0 atom stereocenters. The molecule has 1 aromatic carbocycles. The molecule has 26 heavy (non-hydrogen) atoms. The Bertz CT molecular complexity index is 753. The lowest BCUT2D eigenvalue weighted by molar-refractivity contribution is -0.143. The number of hydrogen-bond acceptors (Lipinski definition) is 4. The van der Waals surface area contributed by atoms with Gasteiger partial charge in [-0.05, 0) is 12.1 Å². The van der Waals surface area contributed by atoms with Crippen LogP contribution in [-0.4, -0.2) is 35.0 Å². The van der Waals surface area contributed by atoms with E-state index in [0.29, 0.717) is 23.1 Å². The predicted molar refractivity (Wildman–Crippen MR) is 77.0 cm³/mol. The lowest BCUT2D eigenvalue weighted by atomic mass is 10.1. The maximum atomic E-state index is 13.0. The van der Waals surface area contributed by atoms with Gasteiger partial charge in [0.15, 0.2) is 0 Å². The lowest BCUT2D eigenvalue weighted by Crippen LogP contribution is -2.34. The number of hydrogen-bond donors (Lipinski definition) is 2. The number of nitrogens with one attached hydrogen (secondary N) is 1. The van der Waals surface area contributed by atoms with Gasteiger partial charge in [0.2, 0.25) is 0 Å². The molecule has 0 spiro atoms. The van der Waals surface area contributed by atoms with E-state index in [9.17, 15) is 35.9 Å². The number of β-amino-alcohol motifs (C(OH)–C–C–N with tert-alkyl or cyclic N) is 1. The molecule has 1 heterocycles. The van der Waals surface area contributed by atoms with Crippen molar-refractivity contribution in [3.8, 4) is 0 Å². The molecule has 0 radical (unpaired) electrons. The van der Waals surface area contributed by atoms with Crippen LogP contribution in [-0.2, 0) is 21.9 Å². The summed E-state index contributed by atoms with van der Waals surface area (Å²) < 4.78 is 77.8. The fraction of sp³-hybridized carbons (Fsp3) is 0.286. The standard InChI is InChI=1S/C14H9ClF6N2O3/c15-11-7(13(16,17)18)3-6(4-8(11)14(19,20)21)22-9-5-10(25)23(1-2-24)12(9)26/h3-5,22,24H,1-2H2. The highest BCUT2D eigenvalue weighted by atomic mass is 35.5. The molecule has 0 bridgehead atoms. The highest BCUT2D eigenvalue weighted by Gasteiger charge is 2.41. The lowest BCUT2D eigenvalue weighted by Gasteiger charge is -2.18. The average Bonchev–Trinajstić information content (AvgIpc) is 2.74. The number of aliphatic hydroxyl groups excluding tert-OH is 1. The van der Waals surface area contributed by atoms with Crippen molar-refractivity contribution in [2.75, 3.05) is 18.5 Å². The summed E-state index contributed by atoms with van der Waals surface area (Å²) in [4.78, 5) is 24.1. The largest absolute Gasteiger partial charge is 0.417 e. The van der Waals surface area contributed by atoms with E-state index in [1.807, 2.05) is 0 Å². The molecular weight excluding hydrogens is 394 g/mol. The summed E-state index contributed by atoms with van der Waals surface area (Å²) >= 11 is 5.24. The zero-order valence-electron chi connectivity index (χ0n) is 12.5. The maximum absolute atomic E-state index is 13.0. The van der Waals surface area contributed by atoms with Gasteiger partial charge in [0, 0.05) is 11.8 Å². The predicted octanol–water partition coefficient (Wildman–Crippen LogP) is 3.03. The molecule has 12 heteroatoms. The third-order valence-electron chi connectivity index (χ3n) is 3.30. The number of aliphatic hydroxyl groups is 1. The molecule has 0 saturated carbocycles. The Balaban J connectivity index is 2.46. The first-order chi connectivity index (χ1) is 11.9. The van der Waals surface area contributed by atoms with Crippen molar-refractivity contribution in [3.05, 3.63) is 40.1 Å². The number of benzene rings is 1. The van der Waals surface area contributed by atoms with E-state index in [0.717, 1.165) is 0 Å². The summed E-state index contributed by atoms with van der Waals surface area (Å²) in [5.41, 5.74) is -4.76. The third kappa shape index (κ3) is 3.93. The van der Waals surface area contributed by atoms with Crippen molar-refractivity contribution >= 4 is 29.1 Å². The van der Waals surface area contributed by atoms with E-state index in [-0.39, 0.29) is 6.54 Å². The first-order valence-electron chi connectivity index (χ1n) is 6.79. The second kappa shape index (κ2) is 6.80. The third-order valence-corrected chi connectivity index (χ3v) is 3.70. The molecule has 0 saturated heterocycles. The van der Waals surface area contributed by atoms with Gasteiger partial charge in [-0.15, -0.1) is 0 Å². The highest BCUT2D eigenvalue weighted by molar-refractivity contribution is 6.32. The highest BCUT2D eigenvalue weighted by Crippen LogP contribution is 2.44. The average molecular weight is 403 g/mol. The number of carbonyl (C=O) groups is 2. The number of halogens is 7. The van der Waals surface area contributed by atoms with E-state index in [2.05, 4.69) is 5.32 Å². The number of alkyl halides is 6.